The van der Waals surface area contributed by atoms with Crippen LogP contribution >= 0.6 is 0 Å². The molecule has 27 heteroatoms. The van der Waals surface area contributed by atoms with Crippen LogP contribution < -0.4 is 58.9 Å². The van der Waals surface area contributed by atoms with Crippen LogP contribution in [0.1, 0.15) is 113 Å². The van der Waals surface area contributed by atoms with Gasteiger partial charge < -0.3 is 84.3 Å². The van der Waals surface area contributed by atoms with Crippen molar-refractivity contribution in [2.45, 2.75) is 188 Å². The van der Waals surface area contributed by atoms with Gasteiger partial charge in [0.25, 0.3) is 0 Å². The first-order chi connectivity index (χ1) is 41.3. The molecule has 2 aromatic carbocycles. The molecule has 0 aliphatic heterocycles. The number of aliphatic hydroxyl groups excluding tert-OH is 3. The number of nitrogens with two attached hydrogens (primary N) is 1. The molecule has 488 valence electrons. The van der Waals surface area contributed by atoms with Gasteiger partial charge in [-0.2, -0.15) is 0 Å². The Morgan fingerprint density at radius 2 is 0.932 bits per heavy atom. The average Bonchev–Trinajstić information content (AvgIpc) is 2.92. The molecule has 1 aromatic heterocycles. The summed E-state index contributed by atoms with van der Waals surface area (Å²) in [6.07, 6.45) is -1.11. The number of aromatic nitrogens is 1. The van der Waals surface area contributed by atoms with Crippen molar-refractivity contribution in [3.8, 4) is 0 Å². The van der Waals surface area contributed by atoms with E-state index in [0.29, 0.717) is 22.9 Å². The number of hydrogen-bond donors (Lipinski definition) is 16. The van der Waals surface area contributed by atoms with Gasteiger partial charge in [0.1, 0.15) is 54.4 Å². The highest BCUT2D eigenvalue weighted by Crippen LogP contribution is 2.20. The largest absolute Gasteiger partial charge is 0.480 e. The number of carbonyl (C=O) groups excluding carboxylic acids is 10. The molecule has 0 aliphatic carbocycles. The minimum absolute atomic E-state index is 0.0439. The van der Waals surface area contributed by atoms with Crippen LogP contribution in [0.25, 0.3) is 10.9 Å². The second kappa shape index (κ2) is 35.7. The number of aliphatic carboxylic acids is 1. The fraction of sp³-hybridized carbons (Fsp3) is 0.590. The van der Waals surface area contributed by atoms with Gasteiger partial charge in [-0.1, -0.05) is 124 Å². The first kappa shape index (κ1) is 74.2. The van der Waals surface area contributed by atoms with Crippen LogP contribution in [0.3, 0.4) is 0 Å². The van der Waals surface area contributed by atoms with Gasteiger partial charge in [0.15, 0.2) is 0 Å². The normalized spacial score (nSPS) is 16.0. The summed E-state index contributed by atoms with van der Waals surface area (Å²) in [5, 5.41) is 67.6. The van der Waals surface area contributed by atoms with Gasteiger partial charge in [0.2, 0.25) is 59.1 Å². The molecular formula is C61H94N12O15. The monoisotopic (exact) mass is 1230 g/mol. The average molecular weight is 1240 g/mol. The summed E-state index contributed by atoms with van der Waals surface area (Å²) in [7, 11) is 0. The smallest absolute Gasteiger partial charge is 0.326 e. The maximum Gasteiger partial charge on any atom is 0.326 e. The Balaban J connectivity index is 1.82. The van der Waals surface area contributed by atoms with E-state index in [4.69, 9.17) is 5.73 Å². The number of para-hydroxylation sites is 1. The van der Waals surface area contributed by atoms with Crippen LogP contribution in [0, 0.1) is 29.6 Å². The number of carbonyl (C=O) groups is 11. The highest BCUT2D eigenvalue weighted by molar-refractivity contribution is 5.99. The SMILES string of the molecule is CC[C@H](C)[C@H](NC(=O)[C@H](Cc1c[nH]c2ccccc12)NC(=O)[C@@H](NC(=O)[C@@H](NC(=O)[C@H](CO)NC(=O)[C@H](CC(C)C)NC(=O)[C@@H](NC(=O)[C@H](CC(C)C)NC(=O)[C@@H](N)Cc1ccccc1)[C@@H](C)O)C(C)C)[C@@H](C)O)C(=O)NCC(=O)N[C@H](C(=O)O)C(C)C. The van der Waals surface area contributed by atoms with Crippen LogP contribution in [-0.2, 0) is 65.6 Å². The van der Waals surface area contributed by atoms with Gasteiger partial charge in [-0.15, -0.1) is 0 Å². The standard InChI is InChI=1S/C61H94N12O15/c1-13-34(10)49(57(83)64-28-46(77)69-48(33(8)9)61(87)88)71-55(81)44(26-38-27-63-41-22-18-17-21-39(38)41)67-60(86)51(36(12)76)73-58(84)47(32(6)7)70-56(82)45(29-74)68-53(79)42(23-30(2)3)66-59(85)50(35(11)75)72-54(80)43(24-31(4)5)65-52(78)40(62)25-37-19-15-14-16-20-37/h14-22,27,30-36,40,42-45,47-51,63,74-76H,13,23-26,28-29,62H2,1-12H3,(H,64,83)(H,65,78)(H,66,85)(H,67,86)(H,68,79)(H,69,77)(H,70,82)(H,71,81)(H,72,80)(H,73,84)(H,87,88)/t34-,35+,36+,40-,42-,43-,44-,45-,47-,48-,49-,50-,51-/m0/s1. The van der Waals surface area contributed by atoms with E-state index in [-0.39, 0.29) is 37.5 Å². The Morgan fingerprint density at radius 3 is 1.44 bits per heavy atom. The lowest BCUT2D eigenvalue weighted by Gasteiger charge is -2.30. The Kier molecular flexibility index (Phi) is 30.1. The zero-order chi connectivity index (χ0) is 66.3. The quantitative estimate of drug-likeness (QED) is 0.0334. The summed E-state index contributed by atoms with van der Waals surface area (Å²) in [6.45, 7) is 17.6. The van der Waals surface area contributed by atoms with Crippen molar-refractivity contribution in [1.82, 2.24) is 58.2 Å². The van der Waals surface area contributed by atoms with Crippen LogP contribution in [0.2, 0.25) is 0 Å². The molecule has 0 bridgehead atoms. The summed E-state index contributed by atoms with van der Waals surface area (Å²) in [4.78, 5) is 153. The van der Waals surface area contributed by atoms with Gasteiger partial charge in [-0.3, -0.25) is 47.9 Å². The van der Waals surface area contributed by atoms with E-state index >= 15 is 0 Å². The number of rotatable bonds is 36. The Labute approximate surface area is 513 Å². The molecule has 0 fully saturated rings. The van der Waals surface area contributed by atoms with E-state index in [9.17, 15) is 73.2 Å². The maximum atomic E-state index is 14.4. The molecule has 1 heterocycles. The number of aromatic amines is 1. The number of H-pyrrole nitrogens is 1. The van der Waals surface area contributed by atoms with Crippen LogP contribution in [0.15, 0.2) is 60.8 Å². The molecule has 0 radical (unpaired) electrons. The number of hydrogen-bond acceptors (Lipinski definition) is 15. The summed E-state index contributed by atoms with van der Waals surface area (Å²) < 4.78 is 0. The molecule has 88 heavy (non-hydrogen) atoms. The lowest BCUT2D eigenvalue weighted by Crippen LogP contribution is -2.63. The minimum atomic E-state index is -1.79. The number of nitrogens with one attached hydrogen (secondary N) is 11. The van der Waals surface area contributed by atoms with Crippen molar-refractivity contribution in [2.75, 3.05) is 13.2 Å². The fourth-order valence-corrected chi connectivity index (χ4v) is 9.43. The predicted molar refractivity (Wildman–Crippen MR) is 327 cm³/mol. The Morgan fingerprint density at radius 1 is 0.489 bits per heavy atom. The molecule has 27 nitrogen and oxygen atoms in total. The number of carboxylic acids is 1. The van der Waals surface area contributed by atoms with E-state index in [1.54, 1.807) is 96.3 Å². The molecule has 0 aliphatic rings. The first-order valence-corrected chi connectivity index (χ1v) is 29.8. The van der Waals surface area contributed by atoms with Gasteiger partial charge >= 0.3 is 5.97 Å². The zero-order valence-corrected chi connectivity index (χ0v) is 52.4. The van der Waals surface area contributed by atoms with Crippen molar-refractivity contribution in [1.29, 1.82) is 0 Å². The Hall–Kier alpha value is -8.01. The van der Waals surface area contributed by atoms with E-state index in [0.717, 1.165) is 5.56 Å². The predicted octanol–water partition coefficient (Wildman–Crippen LogP) is -0.951. The van der Waals surface area contributed by atoms with Crippen LogP contribution in [-0.4, -0.2) is 176 Å². The van der Waals surface area contributed by atoms with Crippen molar-refractivity contribution in [3.05, 3.63) is 71.9 Å². The van der Waals surface area contributed by atoms with Crippen LogP contribution in [0.5, 0.6) is 0 Å². The number of amides is 10. The van der Waals surface area contributed by atoms with Crippen molar-refractivity contribution in [3.63, 3.8) is 0 Å². The molecule has 0 spiro atoms. The summed E-state index contributed by atoms with van der Waals surface area (Å²) in [6, 6.07) is 1.80. The lowest BCUT2D eigenvalue weighted by atomic mass is 9.96. The highest BCUT2D eigenvalue weighted by atomic mass is 16.4. The van der Waals surface area contributed by atoms with Gasteiger partial charge in [0, 0.05) is 23.5 Å². The van der Waals surface area contributed by atoms with E-state index in [2.05, 4.69) is 58.2 Å². The fourth-order valence-electron chi connectivity index (χ4n) is 9.43. The van der Waals surface area contributed by atoms with Crippen molar-refractivity contribution < 1.29 is 73.2 Å². The van der Waals surface area contributed by atoms with E-state index in [1.165, 1.54) is 27.7 Å². The van der Waals surface area contributed by atoms with Crippen molar-refractivity contribution in [2.24, 2.45) is 35.3 Å². The Bertz CT molecular complexity index is 2840. The number of carboxylic acid groups (broad SMARTS) is 1. The molecule has 3 aromatic rings. The van der Waals surface area contributed by atoms with Crippen LogP contribution in [0.4, 0.5) is 0 Å². The second-order valence-corrected chi connectivity index (χ2v) is 23.9. The van der Waals surface area contributed by atoms with Gasteiger partial charge in [-0.05, 0) is 79.9 Å². The summed E-state index contributed by atoms with van der Waals surface area (Å²) in [5.41, 5.74) is 8.25. The summed E-state index contributed by atoms with van der Waals surface area (Å²) >= 11 is 0. The number of fused-ring (bicyclic) bond motifs is 1. The van der Waals surface area contributed by atoms with Crippen molar-refractivity contribution >= 4 is 75.9 Å². The molecule has 13 atom stereocenters. The molecule has 0 unspecified atom stereocenters. The zero-order valence-electron chi connectivity index (χ0n) is 52.4. The number of aliphatic hydroxyl groups is 3. The second-order valence-electron chi connectivity index (χ2n) is 23.9. The molecule has 3 rings (SSSR count). The highest BCUT2D eigenvalue weighted by Gasteiger charge is 2.39. The topological polar surface area (TPSA) is 431 Å². The minimum Gasteiger partial charge on any atom is -0.480 e. The molecule has 10 amide bonds. The molecule has 17 N–H and O–H groups in total. The molecular weight excluding hydrogens is 1140 g/mol. The number of benzene rings is 2. The van der Waals surface area contributed by atoms with Gasteiger partial charge in [-0.25, -0.2) is 4.79 Å². The third-order valence-corrected chi connectivity index (χ3v) is 14.7. The van der Waals surface area contributed by atoms with E-state index in [1.807, 2.05) is 19.9 Å². The molecule has 0 saturated carbocycles. The third-order valence-electron chi connectivity index (χ3n) is 14.7. The summed E-state index contributed by atoms with van der Waals surface area (Å²) in [5.74, 6) is -12.4. The first-order valence-electron chi connectivity index (χ1n) is 29.8. The molecule has 0 saturated heterocycles. The maximum absolute atomic E-state index is 14.4. The van der Waals surface area contributed by atoms with Gasteiger partial charge in [0.05, 0.1) is 31.4 Å². The van der Waals surface area contributed by atoms with E-state index < -0.39 is 169 Å². The third kappa shape index (κ3) is 23.3. The lowest BCUT2D eigenvalue weighted by molar-refractivity contribution is -0.143.